The molecule has 3 heterocycles. The standard InChI is InChI=1S/C25H26N4O2S/c1-16-14-28(25(31)20-5-3-4-6-22(20)32-2)12-10-18(16)21-13-23(29(15-30)17-7-8-17)27-24-19(21)9-11-26-24/h3-6,9-11,13,15-17H,7-8,12,14H2,1-2H3,(H,26,27). The van der Waals surface area contributed by atoms with Gasteiger partial charge in [0, 0.05) is 35.6 Å². The third-order valence-corrected chi connectivity index (χ3v) is 7.12. The van der Waals surface area contributed by atoms with Crippen molar-refractivity contribution in [2.75, 3.05) is 24.2 Å². The summed E-state index contributed by atoms with van der Waals surface area (Å²) in [4.78, 5) is 37.5. The number of amides is 2. The van der Waals surface area contributed by atoms with Crippen LogP contribution in [0, 0.1) is 5.92 Å². The smallest absolute Gasteiger partial charge is 0.255 e. The van der Waals surface area contributed by atoms with E-state index in [0.717, 1.165) is 46.3 Å². The Balaban J connectivity index is 1.48. The van der Waals surface area contributed by atoms with Gasteiger partial charge >= 0.3 is 0 Å². The minimum Gasteiger partial charge on any atom is -0.346 e. The van der Waals surface area contributed by atoms with Crippen molar-refractivity contribution in [1.82, 2.24) is 14.9 Å². The molecule has 3 aromatic rings. The van der Waals surface area contributed by atoms with Crippen molar-refractivity contribution in [3.63, 3.8) is 0 Å². The molecule has 1 N–H and O–H groups in total. The Morgan fingerprint density at radius 1 is 1.28 bits per heavy atom. The first kappa shape index (κ1) is 20.8. The number of fused-ring (bicyclic) bond motifs is 1. The highest BCUT2D eigenvalue weighted by Crippen LogP contribution is 2.37. The number of H-pyrrole nitrogens is 1. The molecule has 1 fully saturated rings. The van der Waals surface area contributed by atoms with Gasteiger partial charge in [-0.25, -0.2) is 4.98 Å². The first-order valence-electron chi connectivity index (χ1n) is 10.9. The van der Waals surface area contributed by atoms with E-state index < -0.39 is 0 Å². The highest BCUT2D eigenvalue weighted by atomic mass is 32.2. The Kier molecular flexibility index (Phi) is 5.51. The summed E-state index contributed by atoms with van der Waals surface area (Å²) in [5.41, 5.74) is 3.82. The fourth-order valence-electron chi connectivity index (χ4n) is 4.52. The van der Waals surface area contributed by atoms with Gasteiger partial charge in [0.25, 0.3) is 5.91 Å². The van der Waals surface area contributed by atoms with Crippen molar-refractivity contribution >= 4 is 46.5 Å². The van der Waals surface area contributed by atoms with Crippen LogP contribution in [-0.2, 0) is 4.79 Å². The van der Waals surface area contributed by atoms with E-state index in [1.807, 2.05) is 53.8 Å². The second kappa shape index (κ2) is 8.47. The monoisotopic (exact) mass is 446 g/mol. The number of nitrogens with one attached hydrogen (secondary N) is 1. The van der Waals surface area contributed by atoms with E-state index in [9.17, 15) is 9.59 Å². The largest absolute Gasteiger partial charge is 0.346 e. The second-order valence-corrected chi connectivity index (χ2v) is 9.33. The molecular formula is C25H26N4O2S. The summed E-state index contributed by atoms with van der Waals surface area (Å²) in [6.07, 6.45) is 8.97. The van der Waals surface area contributed by atoms with Crippen LogP contribution in [0.5, 0.6) is 0 Å². The number of hydrogen-bond acceptors (Lipinski definition) is 4. The molecule has 2 aliphatic rings. The number of pyridine rings is 1. The normalized spacial score (nSPS) is 18.5. The van der Waals surface area contributed by atoms with Gasteiger partial charge in [-0.15, -0.1) is 11.8 Å². The molecular weight excluding hydrogens is 420 g/mol. The maximum absolute atomic E-state index is 13.2. The molecule has 0 bridgehead atoms. The Labute approximate surface area is 191 Å². The summed E-state index contributed by atoms with van der Waals surface area (Å²) in [6.45, 7) is 3.37. The van der Waals surface area contributed by atoms with Crippen molar-refractivity contribution in [3.05, 3.63) is 59.8 Å². The molecule has 1 aliphatic heterocycles. The zero-order chi connectivity index (χ0) is 22.2. The predicted octanol–water partition coefficient (Wildman–Crippen LogP) is 4.59. The van der Waals surface area contributed by atoms with Crippen LogP contribution in [0.3, 0.4) is 0 Å². The number of nitrogens with zero attached hydrogens (tertiary/aromatic N) is 3. The molecule has 1 aliphatic carbocycles. The lowest BCUT2D eigenvalue weighted by Gasteiger charge is -2.32. The molecule has 1 saturated carbocycles. The molecule has 164 valence electrons. The predicted molar refractivity (Wildman–Crippen MR) is 129 cm³/mol. The minimum atomic E-state index is 0.0696. The van der Waals surface area contributed by atoms with Gasteiger partial charge in [-0.1, -0.05) is 25.1 Å². The number of carbonyl (C=O) groups excluding carboxylic acids is 2. The summed E-state index contributed by atoms with van der Waals surface area (Å²) in [5, 5.41) is 1.04. The zero-order valence-corrected chi connectivity index (χ0v) is 19.1. The van der Waals surface area contributed by atoms with Gasteiger partial charge in [0.2, 0.25) is 6.41 Å². The van der Waals surface area contributed by atoms with E-state index >= 15 is 0 Å². The molecule has 32 heavy (non-hydrogen) atoms. The third kappa shape index (κ3) is 3.71. The van der Waals surface area contributed by atoms with Gasteiger partial charge in [0.15, 0.2) is 0 Å². The Bertz CT molecular complexity index is 1210. The van der Waals surface area contributed by atoms with Gasteiger partial charge in [0.05, 0.1) is 5.56 Å². The molecule has 1 aromatic carbocycles. The lowest BCUT2D eigenvalue weighted by atomic mass is 9.89. The molecule has 1 unspecified atom stereocenters. The summed E-state index contributed by atoms with van der Waals surface area (Å²) in [7, 11) is 0. The van der Waals surface area contributed by atoms with E-state index in [-0.39, 0.29) is 17.9 Å². The number of hydrogen-bond donors (Lipinski definition) is 1. The Hall–Kier alpha value is -3.06. The van der Waals surface area contributed by atoms with Gasteiger partial charge in [-0.05, 0) is 60.4 Å². The van der Waals surface area contributed by atoms with Crippen molar-refractivity contribution in [1.29, 1.82) is 0 Å². The Morgan fingerprint density at radius 3 is 2.81 bits per heavy atom. The maximum Gasteiger partial charge on any atom is 0.255 e. The number of rotatable bonds is 6. The van der Waals surface area contributed by atoms with Crippen LogP contribution in [-0.4, -0.2) is 52.6 Å². The Morgan fingerprint density at radius 2 is 2.09 bits per heavy atom. The van der Waals surface area contributed by atoms with Gasteiger partial charge < -0.3 is 9.88 Å². The average molecular weight is 447 g/mol. The lowest BCUT2D eigenvalue weighted by molar-refractivity contribution is -0.107. The molecule has 0 radical (unpaired) electrons. The number of benzene rings is 1. The SMILES string of the molecule is CSc1ccccc1C(=O)N1CC=C(c2cc(N(C=O)C3CC3)nc3[nH]ccc23)C(C)C1. The molecule has 0 saturated heterocycles. The van der Waals surface area contributed by atoms with Crippen LogP contribution < -0.4 is 4.90 Å². The minimum absolute atomic E-state index is 0.0696. The molecule has 5 rings (SSSR count). The van der Waals surface area contributed by atoms with E-state index in [1.54, 1.807) is 16.7 Å². The summed E-state index contributed by atoms with van der Waals surface area (Å²) in [5.74, 6) is 0.918. The summed E-state index contributed by atoms with van der Waals surface area (Å²) >= 11 is 1.60. The molecule has 7 heteroatoms. The fraction of sp³-hybridized carbons (Fsp3) is 0.320. The molecule has 2 amide bonds. The highest BCUT2D eigenvalue weighted by molar-refractivity contribution is 7.98. The number of aromatic nitrogens is 2. The van der Waals surface area contributed by atoms with Gasteiger partial charge in [-0.2, -0.15) is 0 Å². The first-order valence-corrected chi connectivity index (χ1v) is 12.2. The van der Waals surface area contributed by atoms with Crippen LogP contribution in [0.25, 0.3) is 16.6 Å². The molecule has 2 aromatic heterocycles. The van der Waals surface area contributed by atoms with Crippen molar-refractivity contribution in [3.8, 4) is 0 Å². The first-order chi connectivity index (χ1) is 15.6. The maximum atomic E-state index is 13.2. The third-order valence-electron chi connectivity index (χ3n) is 6.33. The van der Waals surface area contributed by atoms with Crippen LogP contribution in [0.4, 0.5) is 5.82 Å². The summed E-state index contributed by atoms with van der Waals surface area (Å²) in [6, 6.07) is 12.1. The fourth-order valence-corrected chi connectivity index (χ4v) is 5.11. The number of anilines is 1. The van der Waals surface area contributed by atoms with Gasteiger partial charge in [-0.3, -0.25) is 14.5 Å². The number of thioether (sulfide) groups is 1. The van der Waals surface area contributed by atoms with Crippen molar-refractivity contribution in [2.45, 2.75) is 30.7 Å². The second-order valence-electron chi connectivity index (χ2n) is 8.48. The summed E-state index contributed by atoms with van der Waals surface area (Å²) < 4.78 is 0. The van der Waals surface area contributed by atoms with Crippen LogP contribution in [0.1, 0.15) is 35.7 Å². The lowest BCUT2D eigenvalue weighted by Crippen LogP contribution is -2.38. The van der Waals surface area contributed by atoms with E-state index in [1.165, 1.54) is 5.57 Å². The topological polar surface area (TPSA) is 69.3 Å². The van der Waals surface area contributed by atoms with E-state index in [2.05, 4.69) is 18.0 Å². The van der Waals surface area contributed by atoms with E-state index in [4.69, 9.17) is 4.98 Å². The average Bonchev–Trinajstić information content (AvgIpc) is 3.54. The van der Waals surface area contributed by atoms with Gasteiger partial charge in [0.1, 0.15) is 11.5 Å². The van der Waals surface area contributed by atoms with Crippen molar-refractivity contribution < 1.29 is 9.59 Å². The highest BCUT2D eigenvalue weighted by Gasteiger charge is 2.32. The number of carbonyl (C=O) groups is 2. The molecule has 1 atom stereocenters. The van der Waals surface area contributed by atoms with Crippen LogP contribution in [0.2, 0.25) is 0 Å². The van der Waals surface area contributed by atoms with Crippen LogP contribution in [0.15, 0.2) is 53.6 Å². The van der Waals surface area contributed by atoms with Crippen molar-refractivity contribution in [2.24, 2.45) is 5.92 Å². The van der Waals surface area contributed by atoms with E-state index in [0.29, 0.717) is 18.9 Å². The number of aromatic amines is 1. The molecule has 0 spiro atoms. The molecule has 6 nitrogen and oxygen atoms in total. The zero-order valence-electron chi connectivity index (χ0n) is 18.2. The van der Waals surface area contributed by atoms with Crippen LogP contribution >= 0.6 is 11.8 Å². The quantitative estimate of drug-likeness (QED) is 0.444.